The number of pyridine rings is 3. The topological polar surface area (TPSA) is 57.2 Å². The van der Waals surface area contributed by atoms with Gasteiger partial charge in [-0.15, -0.1) is 23.6 Å². The normalized spacial score (nSPS) is 11.5. The average Bonchev–Trinajstić information content (AvgIpc) is 3.66. The van der Waals surface area contributed by atoms with Crippen molar-refractivity contribution in [2.45, 2.75) is 0 Å². The van der Waals surface area contributed by atoms with Crippen molar-refractivity contribution >= 4 is 49.3 Å². The van der Waals surface area contributed by atoms with Crippen molar-refractivity contribution in [1.29, 1.82) is 0 Å². The monoisotopic (exact) mass is 657 g/mol. The van der Waals surface area contributed by atoms with E-state index in [1.165, 1.54) is 0 Å². The van der Waals surface area contributed by atoms with Gasteiger partial charge in [-0.3, -0.25) is 9.97 Å². The van der Waals surface area contributed by atoms with Crippen LogP contribution in [0.1, 0.15) is 0 Å². The molecule has 0 saturated heterocycles. The molecule has 5 aromatic heterocycles. The summed E-state index contributed by atoms with van der Waals surface area (Å²) in [5.41, 5.74) is 6.58. The fourth-order valence-corrected chi connectivity index (χ4v) is 5.97. The van der Waals surface area contributed by atoms with Crippen LogP contribution in [0.2, 0.25) is 0 Å². The summed E-state index contributed by atoms with van der Waals surface area (Å²) >= 11 is 0. The van der Waals surface area contributed by atoms with Crippen LogP contribution < -0.4 is 4.74 Å². The van der Waals surface area contributed by atoms with E-state index in [1.54, 1.807) is 6.20 Å². The van der Waals surface area contributed by atoms with Crippen LogP contribution in [0, 0.1) is 12.1 Å². The zero-order valence-corrected chi connectivity index (χ0v) is 24.6. The molecule has 4 aromatic carbocycles. The molecule has 0 spiro atoms. The van der Waals surface area contributed by atoms with Crippen molar-refractivity contribution in [1.82, 2.24) is 23.9 Å². The van der Waals surface area contributed by atoms with Gasteiger partial charge in [0.1, 0.15) is 5.82 Å². The standard InChI is InChI=1S/C37H21N5O.Pd/c1-2-9-24(10-3-1)31-23-41-33-13-8-20-39-36(33)29-18-16-25(21-30(29)37(41)40-31)43-26-15-17-28-27-11-4-5-12-32(27)42(34(28)22-26)35-14-6-7-19-38-35;/h1-20,23H;/q-2;+2. The molecule has 44 heavy (non-hydrogen) atoms. The van der Waals surface area contributed by atoms with Crippen LogP contribution in [0.5, 0.6) is 11.5 Å². The summed E-state index contributed by atoms with van der Waals surface area (Å²) in [6, 6.07) is 43.5. The van der Waals surface area contributed by atoms with Gasteiger partial charge in [0.25, 0.3) is 0 Å². The molecule has 0 aliphatic rings. The van der Waals surface area contributed by atoms with E-state index in [4.69, 9.17) is 14.7 Å². The number of ether oxygens (including phenoxy) is 1. The van der Waals surface area contributed by atoms with Gasteiger partial charge in [-0.1, -0.05) is 83.0 Å². The molecule has 0 saturated carbocycles. The molecular weight excluding hydrogens is 637 g/mol. The van der Waals surface area contributed by atoms with Crippen molar-refractivity contribution in [2.24, 2.45) is 0 Å². The van der Waals surface area contributed by atoms with E-state index in [-0.39, 0.29) is 20.4 Å². The fraction of sp³-hybridized carbons (Fsp3) is 0. The minimum absolute atomic E-state index is 0. The molecule has 210 valence electrons. The first-order chi connectivity index (χ1) is 21.3. The minimum Gasteiger partial charge on any atom is -0.503 e. The van der Waals surface area contributed by atoms with Gasteiger partial charge in [0.2, 0.25) is 0 Å². The summed E-state index contributed by atoms with van der Waals surface area (Å²) in [7, 11) is 0. The molecule has 9 aromatic rings. The van der Waals surface area contributed by atoms with Crippen molar-refractivity contribution in [3.05, 3.63) is 140 Å². The molecule has 6 nitrogen and oxygen atoms in total. The van der Waals surface area contributed by atoms with Crippen LogP contribution in [0.3, 0.4) is 0 Å². The van der Waals surface area contributed by atoms with Crippen LogP contribution in [0.15, 0.2) is 128 Å². The Morgan fingerprint density at radius 3 is 2.23 bits per heavy atom. The largest absolute Gasteiger partial charge is 2.00 e. The maximum atomic E-state index is 6.43. The Hall–Kier alpha value is -5.35. The van der Waals surface area contributed by atoms with Gasteiger partial charge in [0.05, 0.1) is 22.4 Å². The van der Waals surface area contributed by atoms with Crippen LogP contribution >= 0.6 is 0 Å². The number of hydrogen-bond donors (Lipinski definition) is 0. The van der Waals surface area contributed by atoms with E-state index in [0.717, 1.165) is 66.3 Å². The third-order valence-corrected chi connectivity index (χ3v) is 7.87. The van der Waals surface area contributed by atoms with Crippen molar-refractivity contribution in [3.8, 4) is 28.6 Å². The van der Waals surface area contributed by atoms with Crippen LogP contribution in [0.25, 0.3) is 66.3 Å². The quantitative estimate of drug-likeness (QED) is 0.108. The number of imidazole rings is 1. The number of hydrogen-bond acceptors (Lipinski definition) is 4. The molecule has 0 aliphatic heterocycles. The summed E-state index contributed by atoms with van der Waals surface area (Å²) in [4.78, 5) is 14.4. The molecule has 0 unspecified atom stereocenters. The molecular formula is C37H21N5OPd. The summed E-state index contributed by atoms with van der Waals surface area (Å²) in [5, 5.41) is 4.03. The Labute approximate surface area is 265 Å². The molecule has 0 radical (unpaired) electrons. The molecule has 0 aliphatic carbocycles. The first kappa shape index (κ1) is 26.3. The third kappa shape index (κ3) is 4.10. The molecule has 0 N–H and O–H groups in total. The first-order valence-corrected chi connectivity index (χ1v) is 14.0. The average molecular weight is 658 g/mol. The Kier molecular flexibility index (Phi) is 6.23. The van der Waals surface area contributed by atoms with Gasteiger partial charge < -0.3 is 13.7 Å². The van der Waals surface area contributed by atoms with E-state index in [2.05, 4.69) is 74.7 Å². The fourth-order valence-electron chi connectivity index (χ4n) is 5.97. The number of rotatable bonds is 4. The van der Waals surface area contributed by atoms with Crippen LogP contribution in [0.4, 0.5) is 0 Å². The second-order valence-electron chi connectivity index (χ2n) is 10.4. The van der Waals surface area contributed by atoms with Gasteiger partial charge >= 0.3 is 20.4 Å². The Morgan fingerprint density at radius 1 is 0.614 bits per heavy atom. The number of benzene rings is 4. The van der Waals surface area contributed by atoms with Gasteiger partial charge in [-0.05, 0) is 35.7 Å². The van der Waals surface area contributed by atoms with E-state index >= 15 is 0 Å². The zero-order chi connectivity index (χ0) is 28.3. The SMILES string of the molecule is [Pd+2].[c-]1c(Oc2[c-]c3c(cc2)c2ccccc2n3-c2ccccn2)ccc2c1c1nc(-c3ccccc3)cn1c1cccnc21. The number of fused-ring (bicyclic) bond motifs is 9. The van der Waals surface area contributed by atoms with Crippen LogP contribution in [-0.2, 0) is 20.4 Å². The van der Waals surface area contributed by atoms with E-state index in [9.17, 15) is 0 Å². The van der Waals surface area contributed by atoms with Gasteiger partial charge in [0, 0.05) is 41.2 Å². The zero-order valence-electron chi connectivity index (χ0n) is 23.1. The Balaban J connectivity index is 0.00000289. The molecule has 0 fully saturated rings. The van der Waals surface area contributed by atoms with E-state index in [1.807, 2.05) is 72.9 Å². The molecule has 0 atom stereocenters. The maximum absolute atomic E-state index is 6.43. The van der Waals surface area contributed by atoms with Crippen molar-refractivity contribution < 1.29 is 25.2 Å². The molecule has 9 rings (SSSR count). The van der Waals surface area contributed by atoms with Crippen LogP contribution in [-0.4, -0.2) is 23.9 Å². The van der Waals surface area contributed by atoms with Crippen molar-refractivity contribution in [2.75, 3.05) is 0 Å². The summed E-state index contributed by atoms with van der Waals surface area (Å²) in [6.45, 7) is 0. The predicted octanol–water partition coefficient (Wildman–Crippen LogP) is 8.58. The number of para-hydroxylation sites is 1. The third-order valence-electron chi connectivity index (χ3n) is 7.87. The molecule has 5 heterocycles. The molecule has 0 bridgehead atoms. The summed E-state index contributed by atoms with van der Waals surface area (Å²) < 4.78 is 10.6. The smallest absolute Gasteiger partial charge is 0.503 e. The summed E-state index contributed by atoms with van der Waals surface area (Å²) in [5.74, 6) is 1.99. The van der Waals surface area contributed by atoms with Gasteiger partial charge in [-0.2, -0.15) is 6.07 Å². The van der Waals surface area contributed by atoms with Gasteiger partial charge in [-0.25, -0.2) is 4.98 Å². The maximum Gasteiger partial charge on any atom is 2.00 e. The van der Waals surface area contributed by atoms with Gasteiger partial charge in [0.15, 0.2) is 0 Å². The Morgan fingerprint density at radius 2 is 1.36 bits per heavy atom. The van der Waals surface area contributed by atoms with Crippen molar-refractivity contribution in [3.63, 3.8) is 0 Å². The Bertz CT molecular complexity index is 2490. The number of nitrogens with zero attached hydrogens (tertiary/aromatic N) is 5. The number of aromatic nitrogens is 5. The van der Waals surface area contributed by atoms with E-state index in [0.29, 0.717) is 11.5 Å². The second kappa shape index (κ2) is 10.4. The predicted molar refractivity (Wildman–Crippen MR) is 170 cm³/mol. The second-order valence-corrected chi connectivity index (χ2v) is 10.4. The minimum atomic E-state index is 0. The first-order valence-electron chi connectivity index (χ1n) is 14.0. The molecule has 0 amide bonds. The molecule has 7 heteroatoms. The summed E-state index contributed by atoms with van der Waals surface area (Å²) in [6.07, 6.45) is 5.68. The van der Waals surface area contributed by atoms with E-state index < -0.39 is 0 Å².